The summed E-state index contributed by atoms with van der Waals surface area (Å²) in [6, 6.07) is 0.972. The van der Waals surface area contributed by atoms with Crippen molar-refractivity contribution in [1.29, 1.82) is 0 Å². The highest BCUT2D eigenvalue weighted by atomic mass is 32.2. The Hall–Kier alpha value is -0.750. The van der Waals surface area contributed by atoms with Gasteiger partial charge in [0.2, 0.25) is 5.89 Å². The Morgan fingerprint density at radius 3 is 2.72 bits per heavy atom. The Morgan fingerprint density at radius 2 is 2.06 bits per heavy atom. The molecule has 0 spiro atoms. The van der Waals surface area contributed by atoms with E-state index in [2.05, 4.69) is 41.6 Å². The monoisotopic (exact) mass is 272 g/mol. The predicted molar refractivity (Wildman–Crippen MR) is 77.1 cm³/mol. The third kappa shape index (κ3) is 5.27. The van der Waals surface area contributed by atoms with E-state index in [1.54, 1.807) is 0 Å². The van der Waals surface area contributed by atoms with E-state index >= 15 is 0 Å². The van der Waals surface area contributed by atoms with Crippen LogP contribution in [0.1, 0.15) is 46.0 Å². The van der Waals surface area contributed by atoms with Crippen molar-refractivity contribution < 1.29 is 4.42 Å². The minimum absolute atomic E-state index is 0.101. The summed E-state index contributed by atoms with van der Waals surface area (Å²) < 4.78 is 5.57. The number of hydrogen-bond donors (Lipinski definition) is 2. The van der Waals surface area contributed by atoms with Crippen molar-refractivity contribution in [3.8, 4) is 0 Å². The molecule has 2 N–H and O–H groups in total. The number of thioether (sulfide) groups is 1. The molecule has 0 aliphatic heterocycles. The molecular weight excluding hydrogens is 248 g/mol. The molecule has 1 aromatic heterocycles. The average molecular weight is 272 g/mol. The lowest BCUT2D eigenvalue weighted by molar-refractivity contribution is 0.426. The van der Waals surface area contributed by atoms with Crippen molar-refractivity contribution in [2.75, 3.05) is 23.4 Å². The van der Waals surface area contributed by atoms with Crippen molar-refractivity contribution >= 4 is 17.8 Å². The highest BCUT2D eigenvalue weighted by Gasteiger charge is 2.13. The molecule has 0 radical (unpaired) electrons. The highest BCUT2D eigenvalue weighted by Crippen LogP contribution is 2.15. The lowest BCUT2D eigenvalue weighted by Crippen LogP contribution is -2.18. The van der Waals surface area contributed by atoms with Gasteiger partial charge in [-0.15, -0.1) is 5.10 Å². The van der Waals surface area contributed by atoms with Crippen molar-refractivity contribution in [3.05, 3.63) is 5.89 Å². The first-order chi connectivity index (χ1) is 8.67. The normalized spacial score (nSPS) is 14.4. The molecule has 0 aromatic carbocycles. The minimum atomic E-state index is 0.101. The highest BCUT2D eigenvalue weighted by molar-refractivity contribution is 7.99. The standard InChI is InChI=1S/C12H24N4OS/c1-5-13-10(4)11-15-16-12(17-11)14-9(3)7-8-18-6-2/h9-10,13H,5-8H2,1-4H3,(H,14,16). The molecule has 0 aliphatic rings. The molecule has 0 aliphatic carbocycles. The fourth-order valence-electron chi connectivity index (χ4n) is 1.55. The van der Waals surface area contributed by atoms with Gasteiger partial charge in [0.25, 0.3) is 0 Å². The molecule has 1 heterocycles. The molecule has 6 heteroatoms. The zero-order chi connectivity index (χ0) is 13.4. The lowest BCUT2D eigenvalue weighted by Gasteiger charge is -2.11. The lowest BCUT2D eigenvalue weighted by atomic mass is 10.3. The zero-order valence-electron chi connectivity index (χ0n) is 11.7. The van der Waals surface area contributed by atoms with Gasteiger partial charge in [0, 0.05) is 6.04 Å². The van der Waals surface area contributed by atoms with Crippen LogP contribution in [0, 0.1) is 0 Å². The van der Waals surface area contributed by atoms with Gasteiger partial charge in [-0.2, -0.15) is 11.8 Å². The Bertz CT molecular complexity index is 332. The first-order valence-corrected chi connectivity index (χ1v) is 7.73. The van der Waals surface area contributed by atoms with Gasteiger partial charge in [-0.3, -0.25) is 0 Å². The van der Waals surface area contributed by atoms with E-state index in [0.29, 0.717) is 17.9 Å². The van der Waals surface area contributed by atoms with Crippen molar-refractivity contribution in [2.24, 2.45) is 0 Å². The van der Waals surface area contributed by atoms with Crippen LogP contribution >= 0.6 is 11.8 Å². The van der Waals surface area contributed by atoms with Gasteiger partial charge in [0.1, 0.15) is 0 Å². The molecule has 2 unspecified atom stereocenters. The van der Waals surface area contributed by atoms with Crippen molar-refractivity contribution in [1.82, 2.24) is 15.5 Å². The van der Waals surface area contributed by atoms with E-state index in [4.69, 9.17) is 4.42 Å². The van der Waals surface area contributed by atoms with Crippen molar-refractivity contribution in [2.45, 2.75) is 46.2 Å². The van der Waals surface area contributed by atoms with Gasteiger partial charge in [-0.05, 0) is 38.3 Å². The molecule has 18 heavy (non-hydrogen) atoms. The molecule has 0 bridgehead atoms. The molecule has 0 saturated heterocycles. The second-order valence-electron chi connectivity index (χ2n) is 4.26. The fraction of sp³-hybridized carbons (Fsp3) is 0.833. The molecule has 2 atom stereocenters. The average Bonchev–Trinajstić information content (AvgIpc) is 2.78. The maximum absolute atomic E-state index is 5.57. The fourth-order valence-corrected chi connectivity index (χ4v) is 2.36. The molecule has 104 valence electrons. The smallest absolute Gasteiger partial charge is 0.315 e. The largest absolute Gasteiger partial charge is 0.406 e. The van der Waals surface area contributed by atoms with Gasteiger partial charge >= 0.3 is 6.01 Å². The third-order valence-electron chi connectivity index (χ3n) is 2.59. The van der Waals surface area contributed by atoms with Crippen LogP contribution in [0.15, 0.2) is 4.42 Å². The van der Waals surface area contributed by atoms with E-state index in [0.717, 1.165) is 24.5 Å². The summed E-state index contributed by atoms with van der Waals surface area (Å²) in [6.45, 7) is 9.27. The SMILES string of the molecule is CCNC(C)c1nnc(NC(C)CCSCC)o1. The van der Waals surface area contributed by atoms with E-state index in [-0.39, 0.29) is 6.04 Å². The number of anilines is 1. The molecule has 1 rings (SSSR count). The Labute approximate surface area is 114 Å². The molecule has 0 amide bonds. The first-order valence-electron chi connectivity index (χ1n) is 6.58. The molecular formula is C12H24N4OS. The Kier molecular flexibility index (Phi) is 7.12. The summed E-state index contributed by atoms with van der Waals surface area (Å²) >= 11 is 1.95. The Morgan fingerprint density at radius 1 is 1.28 bits per heavy atom. The minimum Gasteiger partial charge on any atom is -0.406 e. The van der Waals surface area contributed by atoms with E-state index in [9.17, 15) is 0 Å². The quantitative estimate of drug-likeness (QED) is 0.674. The predicted octanol–water partition coefficient (Wildman–Crippen LogP) is 2.68. The molecule has 1 aromatic rings. The summed E-state index contributed by atoms with van der Waals surface area (Å²) in [7, 11) is 0. The molecule has 0 saturated carbocycles. The Balaban J connectivity index is 2.38. The summed E-state index contributed by atoms with van der Waals surface area (Å²) in [5.74, 6) is 2.95. The third-order valence-corrected chi connectivity index (χ3v) is 3.52. The van der Waals surface area contributed by atoms with Gasteiger partial charge in [0.15, 0.2) is 0 Å². The number of nitrogens with zero attached hydrogens (tertiary/aromatic N) is 2. The van der Waals surface area contributed by atoms with Crippen LogP contribution in [0.5, 0.6) is 0 Å². The van der Waals surface area contributed by atoms with Gasteiger partial charge in [-0.25, -0.2) is 0 Å². The molecule has 5 nitrogen and oxygen atoms in total. The van der Waals surface area contributed by atoms with E-state index in [1.165, 1.54) is 0 Å². The van der Waals surface area contributed by atoms with E-state index < -0.39 is 0 Å². The van der Waals surface area contributed by atoms with Crippen LogP contribution < -0.4 is 10.6 Å². The zero-order valence-corrected chi connectivity index (χ0v) is 12.5. The van der Waals surface area contributed by atoms with Crippen LogP contribution in [-0.2, 0) is 0 Å². The second-order valence-corrected chi connectivity index (χ2v) is 5.65. The van der Waals surface area contributed by atoms with Crippen LogP contribution in [0.4, 0.5) is 6.01 Å². The summed E-state index contributed by atoms with van der Waals surface area (Å²) in [6.07, 6.45) is 1.10. The first kappa shape index (κ1) is 15.3. The maximum Gasteiger partial charge on any atom is 0.315 e. The van der Waals surface area contributed by atoms with Gasteiger partial charge in [0.05, 0.1) is 6.04 Å². The number of hydrogen-bond acceptors (Lipinski definition) is 6. The summed E-state index contributed by atoms with van der Waals surface area (Å²) in [4.78, 5) is 0. The molecule has 0 fully saturated rings. The van der Waals surface area contributed by atoms with Crippen molar-refractivity contribution in [3.63, 3.8) is 0 Å². The van der Waals surface area contributed by atoms with Crippen LogP contribution in [0.25, 0.3) is 0 Å². The van der Waals surface area contributed by atoms with Gasteiger partial charge < -0.3 is 15.1 Å². The van der Waals surface area contributed by atoms with Crippen LogP contribution in [0.3, 0.4) is 0 Å². The number of nitrogens with one attached hydrogen (secondary N) is 2. The topological polar surface area (TPSA) is 63.0 Å². The van der Waals surface area contributed by atoms with Crippen LogP contribution in [-0.4, -0.2) is 34.3 Å². The van der Waals surface area contributed by atoms with Crippen LogP contribution in [0.2, 0.25) is 0 Å². The number of rotatable bonds is 9. The van der Waals surface area contributed by atoms with Gasteiger partial charge in [-0.1, -0.05) is 18.9 Å². The summed E-state index contributed by atoms with van der Waals surface area (Å²) in [5, 5.41) is 14.5. The maximum atomic E-state index is 5.57. The summed E-state index contributed by atoms with van der Waals surface area (Å²) in [5.41, 5.74) is 0. The second kappa shape index (κ2) is 8.37. The van der Waals surface area contributed by atoms with E-state index in [1.807, 2.05) is 18.7 Å². The number of aromatic nitrogens is 2.